The first-order chi connectivity index (χ1) is 8.24. The average molecular weight is 241 g/mol. The van der Waals surface area contributed by atoms with E-state index in [0.29, 0.717) is 6.54 Å². The molecule has 1 heterocycles. The van der Waals surface area contributed by atoms with Crippen LogP contribution in [-0.4, -0.2) is 63.3 Å². The topological polar surface area (TPSA) is 53.6 Å². The van der Waals surface area contributed by atoms with Crippen LogP contribution in [0.5, 0.6) is 0 Å². The second-order valence-corrected chi connectivity index (χ2v) is 5.14. The van der Waals surface area contributed by atoms with E-state index in [0.717, 1.165) is 38.7 Å². The predicted octanol–water partition coefficient (Wildman–Crippen LogP) is -0.567. The van der Waals surface area contributed by atoms with Gasteiger partial charge in [-0.05, 0) is 25.8 Å². The Kier molecular flexibility index (Phi) is 4.76. The SMILES string of the molecule is CN(CC(=O)NCC1CC1)CC1CNCCO1. The van der Waals surface area contributed by atoms with E-state index in [1.54, 1.807) is 0 Å². The molecule has 0 aromatic rings. The molecule has 1 amide bonds. The third-order valence-electron chi connectivity index (χ3n) is 3.22. The Labute approximate surface area is 103 Å². The van der Waals surface area contributed by atoms with Crippen molar-refractivity contribution in [2.75, 3.05) is 46.4 Å². The minimum absolute atomic E-state index is 0.128. The van der Waals surface area contributed by atoms with Gasteiger partial charge in [-0.15, -0.1) is 0 Å². The van der Waals surface area contributed by atoms with Crippen LogP contribution in [-0.2, 0) is 9.53 Å². The van der Waals surface area contributed by atoms with Gasteiger partial charge in [0.25, 0.3) is 0 Å². The van der Waals surface area contributed by atoms with Crippen LogP contribution in [0, 0.1) is 5.92 Å². The number of amides is 1. The molecular formula is C12H23N3O2. The largest absolute Gasteiger partial charge is 0.374 e. The summed E-state index contributed by atoms with van der Waals surface area (Å²) < 4.78 is 5.60. The third-order valence-corrected chi connectivity index (χ3v) is 3.22. The predicted molar refractivity (Wildman–Crippen MR) is 65.8 cm³/mol. The quantitative estimate of drug-likeness (QED) is 0.654. The van der Waals surface area contributed by atoms with Crippen LogP contribution in [0.1, 0.15) is 12.8 Å². The number of carbonyl (C=O) groups is 1. The molecule has 2 fully saturated rings. The fraction of sp³-hybridized carbons (Fsp3) is 0.917. The standard InChI is InChI=1S/C12H23N3O2/c1-15(8-11-7-13-4-5-17-11)9-12(16)14-6-10-2-3-10/h10-11,13H,2-9H2,1H3,(H,14,16). The molecule has 0 spiro atoms. The molecule has 2 rings (SSSR count). The van der Waals surface area contributed by atoms with Crippen LogP contribution in [0.15, 0.2) is 0 Å². The first kappa shape index (κ1) is 12.8. The molecule has 5 nitrogen and oxygen atoms in total. The van der Waals surface area contributed by atoms with Gasteiger partial charge >= 0.3 is 0 Å². The second-order valence-electron chi connectivity index (χ2n) is 5.14. The molecular weight excluding hydrogens is 218 g/mol. The Hall–Kier alpha value is -0.650. The summed E-state index contributed by atoms with van der Waals surface area (Å²) >= 11 is 0. The molecule has 17 heavy (non-hydrogen) atoms. The number of morpholine rings is 1. The summed E-state index contributed by atoms with van der Waals surface area (Å²) in [6.07, 6.45) is 2.76. The summed E-state index contributed by atoms with van der Waals surface area (Å²) in [7, 11) is 1.97. The van der Waals surface area contributed by atoms with Gasteiger partial charge in [-0.1, -0.05) is 0 Å². The summed E-state index contributed by atoms with van der Waals surface area (Å²) in [4.78, 5) is 13.6. The second kappa shape index (κ2) is 6.33. The van der Waals surface area contributed by atoms with E-state index in [-0.39, 0.29) is 12.0 Å². The van der Waals surface area contributed by atoms with E-state index < -0.39 is 0 Å². The van der Waals surface area contributed by atoms with Gasteiger partial charge in [0.1, 0.15) is 0 Å². The van der Waals surface area contributed by atoms with Gasteiger partial charge in [-0.25, -0.2) is 0 Å². The monoisotopic (exact) mass is 241 g/mol. The molecule has 0 bridgehead atoms. The molecule has 1 saturated carbocycles. The van der Waals surface area contributed by atoms with Crippen molar-refractivity contribution in [2.45, 2.75) is 18.9 Å². The molecule has 2 aliphatic rings. The highest BCUT2D eigenvalue weighted by Gasteiger charge is 2.22. The van der Waals surface area contributed by atoms with Crippen molar-refractivity contribution < 1.29 is 9.53 Å². The molecule has 0 aromatic carbocycles. The van der Waals surface area contributed by atoms with Gasteiger partial charge in [0.15, 0.2) is 0 Å². The lowest BCUT2D eigenvalue weighted by molar-refractivity contribution is -0.122. The third kappa shape index (κ3) is 5.02. The van der Waals surface area contributed by atoms with Crippen molar-refractivity contribution in [1.82, 2.24) is 15.5 Å². The van der Waals surface area contributed by atoms with Crippen molar-refractivity contribution in [1.29, 1.82) is 0 Å². The average Bonchev–Trinajstić information content (AvgIpc) is 3.11. The normalized spacial score (nSPS) is 24.9. The number of carbonyl (C=O) groups excluding carboxylic acids is 1. The van der Waals surface area contributed by atoms with Gasteiger partial charge in [-0.3, -0.25) is 9.69 Å². The van der Waals surface area contributed by atoms with Crippen LogP contribution >= 0.6 is 0 Å². The molecule has 1 saturated heterocycles. The number of hydrogen-bond acceptors (Lipinski definition) is 4. The minimum Gasteiger partial charge on any atom is -0.374 e. The number of ether oxygens (including phenoxy) is 1. The summed E-state index contributed by atoms with van der Waals surface area (Å²) in [6.45, 7) is 4.72. The Morgan fingerprint density at radius 3 is 3.00 bits per heavy atom. The van der Waals surface area contributed by atoms with Crippen LogP contribution < -0.4 is 10.6 Å². The maximum atomic E-state index is 11.6. The van der Waals surface area contributed by atoms with Gasteiger partial charge in [0.05, 0.1) is 19.3 Å². The Morgan fingerprint density at radius 2 is 2.35 bits per heavy atom. The van der Waals surface area contributed by atoms with Gasteiger partial charge in [0, 0.05) is 26.2 Å². The first-order valence-corrected chi connectivity index (χ1v) is 6.51. The highest BCUT2D eigenvalue weighted by molar-refractivity contribution is 5.77. The Balaban J connectivity index is 1.57. The Bertz CT molecular complexity index is 250. The van der Waals surface area contributed by atoms with Crippen LogP contribution in [0.4, 0.5) is 0 Å². The highest BCUT2D eigenvalue weighted by atomic mass is 16.5. The zero-order valence-electron chi connectivity index (χ0n) is 10.6. The molecule has 0 aromatic heterocycles. The van der Waals surface area contributed by atoms with Crippen molar-refractivity contribution >= 4 is 5.91 Å². The van der Waals surface area contributed by atoms with E-state index in [1.807, 2.05) is 11.9 Å². The lowest BCUT2D eigenvalue weighted by Crippen LogP contribution is -2.46. The van der Waals surface area contributed by atoms with E-state index in [2.05, 4.69) is 10.6 Å². The molecule has 98 valence electrons. The summed E-state index contributed by atoms with van der Waals surface area (Å²) in [5.74, 6) is 0.873. The van der Waals surface area contributed by atoms with E-state index >= 15 is 0 Å². The lowest BCUT2D eigenvalue weighted by Gasteiger charge is -2.27. The van der Waals surface area contributed by atoms with Crippen LogP contribution in [0.3, 0.4) is 0 Å². The van der Waals surface area contributed by atoms with Crippen LogP contribution in [0.25, 0.3) is 0 Å². The molecule has 2 N–H and O–H groups in total. The van der Waals surface area contributed by atoms with E-state index in [4.69, 9.17) is 4.74 Å². The lowest BCUT2D eigenvalue weighted by atomic mass is 10.3. The fourth-order valence-electron chi connectivity index (χ4n) is 2.03. The van der Waals surface area contributed by atoms with Crippen molar-refractivity contribution in [3.63, 3.8) is 0 Å². The summed E-state index contributed by atoms with van der Waals surface area (Å²) in [5.41, 5.74) is 0. The number of likely N-dealkylation sites (N-methyl/N-ethyl adjacent to an activating group) is 1. The number of rotatable bonds is 6. The van der Waals surface area contributed by atoms with Gasteiger partial charge in [-0.2, -0.15) is 0 Å². The number of nitrogens with one attached hydrogen (secondary N) is 2. The molecule has 5 heteroatoms. The number of hydrogen-bond donors (Lipinski definition) is 2. The van der Waals surface area contributed by atoms with Crippen molar-refractivity contribution in [2.24, 2.45) is 5.92 Å². The zero-order valence-corrected chi connectivity index (χ0v) is 10.6. The fourth-order valence-corrected chi connectivity index (χ4v) is 2.03. The molecule has 1 unspecified atom stereocenters. The molecule has 1 atom stereocenters. The maximum absolute atomic E-state index is 11.6. The highest BCUT2D eigenvalue weighted by Crippen LogP contribution is 2.27. The number of nitrogens with zero attached hydrogens (tertiary/aromatic N) is 1. The molecule has 0 radical (unpaired) electrons. The van der Waals surface area contributed by atoms with E-state index in [1.165, 1.54) is 12.8 Å². The smallest absolute Gasteiger partial charge is 0.234 e. The van der Waals surface area contributed by atoms with Gasteiger partial charge < -0.3 is 15.4 Å². The first-order valence-electron chi connectivity index (χ1n) is 6.51. The van der Waals surface area contributed by atoms with Crippen molar-refractivity contribution in [3.8, 4) is 0 Å². The van der Waals surface area contributed by atoms with Crippen LogP contribution in [0.2, 0.25) is 0 Å². The zero-order chi connectivity index (χ0) is 12.1. The minimum atomic E-state index is 0.128. The summed E-state index contributed by atoms with van der Waals surface area (Å²) in [5, 5.41) is 6.27. The summed E-state index contributed by atoms with van der Waals surface area (Å²) in [6, 6.07) is 0. The van der Waals surface area contributed by atoms with Crippen molar-refractivity contribution in [3.05, 3.63) is 0 Å². The van der Waals surface area contributed by atoms with E-state index in [9.17, 15) is 4.79 Å². The Morgan fingerprint density at radius 1 is 1.53 bits per heavy atom. The maximum Gasteiger partial charge on any atom is 0.234 e. The molecule has 1 aliphatic heterocycles. The molecule has 1 aliphatic carbocycles. The van der Waals surface area contributed by atoms with Gasteiger partial charge in [0.2, 0.25) is 5.91 Å².